The first-order valence-corrected chi connectivity index (χ1v) is 3.11. The summed E-state index contributed by atoms with van der Waals surface area (Å²) in [5, 5.41) is 8.86. The maximum Gasteiger partial charge on any atom is 2.00 e. The van der Waals surface area contributed by atoms with Crippen LogP contribution in [0.5, 0.6) is 5.75 Å². The SMILES string of the molecule is C[C-]=O.[CH2-]c1ccccc1O.[Fe+2]. The third-order valence-electron chi connectivity index (χ3n) is 0.992. The Morgan fingerprint density at radius 1 is 1.42 bits per heavy atom. The van der Waals surface area contributed by atoms with Gasteiger partial charge in [0, 0.05) is 5.75 Å². The molecule has 0 amide bonds. The van der Waals surface area contributed by atoms with Gasteiger partial charge in [0.15, 0.2) is 0 Å². The Morgan fingerprint density at radius 2 is 1.83 bits per heavy atom. The molecule has 66 valence electrons. The molecule has 0 saturated heterocycles. The number of benzene rings is 1. The van der Waals surface area contributed by atoms with Gasteiger partial charge in [-0.3, -0.25) is 6.29 Å². The van der Waals surface area contributed by atoms with Crippen molar-refractivity contribution in [2.24, 2.45) is 0 Å². The maximum absolute atomic E-state index is 8.86. The Balaban J connectivity index is 0. The minimum absolute atomic E-state index is 0. The molecule has 0 aliphatic heterocycles. The van der Waals surface area contributed by atoms with E-state index in [0.717, 1.165) is 0 Å². The molecular formula is C9H10FeO2. The second-order valence-corrected chi connectivity index (χ2v) is 1.83. The van der Waals surface area contributed by atoms with Crippen LogP contribution in [-0.2, 0) is 21.9 Å². The first kappa shape index (κ1) is 13.7. The maximum atomic E-state index is 8.86. The number of phenolic OH excluding ortho intramolecular Hbond substituents is 1. The molecule has 1 rings (SSSR count). The fourth-order valence-corrected chi connectivity index (χ4v) is 0.511. The summed E-state index contributed by atoms with van der Waals surface area (Å²) in [5.74, 6) is 0.257. The van der Waals surface area contributed by atoms with Crippen LogP contribution in [0.15, 0.2) is 24.3 Å². The minimum atomic E-state index is 0. The van der Waals surface area contributed by atoms with E-state index in [1.807, 2.05) is 6.07 Å². The molecule has 1 aromatic carbocycles. The van der Waals surface area contributed by atoms with Crippen LogP contribution in [0.4, 0.5) is 0 Å². The van der Waals surface area contributed by atoms with Gasteiger partial charge in [-0.25, -0.2) is 0 Å². The van der Waals surface area contributed by atoms with E-state index in [4.69, 9.17) is 9.90 Å². The molecule has 0 radical (unpaired) electrons. The summed E-state index contributed by atoms with van der Waals surface area (Å²) in [7, 11) is 0. The summed E-state index contributed by atoms with van der Waals surface area (Å²) in [6, 6.07) is 6.98. The zero-order valence-electron chi connectivity index (χ0n) is 6.73. The summed E-state index contributed by atoms with van der Waals surface area (Å²) >= 11 is 0. The molecule has 0 bridgehead atoms. The van der Waals surface area contributed by atoms with Crippen molar-refractivity contribution in [2.45, 2.75) is 6.92 Å². The number of hydrogen-bond acceptors (Lipinski definition) is 2. The van der Waals surface area contributed by atoms with Gasteiger partial charge < -0.3 is 9.90 Å². The molecular weight excluding hydrogens is 196 g/mol. The smallest absolute Gasteiger partial charge is 0.565 e. The molecule has 0 saturated carbocycles. The van der Waals surface area contributed by atoms with Crippen molar-refractivity contribution in [3.63, 3.8) is 0 Å². The zero-order chi connectivity index (χ0) is 8.69. The Kier molecular flexibility index (Phi) is 9.31. The molecule has 0 aliphatic carbocycles. The van der Waals surface area contributed by atoms with Gasteiger partial charge in [-0.15, -0.1) is 6.07 Å². The third-order valence-corrected chi connectivity index (χ3v) is 0.992. The van der Waals surface area contributed by atoms with E-state index in [2.05, 4.69) is 6.92 Å². The van der Waals surface area contributed by atoms with Gasteiger partial charge in [0.1, 0.15) is 0 Å². The van der Waals surface area contributed by atoms with Crippen LogP contribution in [-0.4, -0.2) is 11.4 Å². The van der Waals surface area contributed by atoms with Crippen molar-refractivity contribution in [1.29, 1.82) is 0 Å². The molecule has 0 aliphatic rings. The first-order valence-electron chi connectivity index (χ1n) is 3.11. The molecule has 0 atom stereocenters. The monoisotopic (exact) mass is 206 g/mol. The van der Waals surface area contributed by atoms with E-state index >= 15 is 0 Å². The molecule has 0 unspecified atom stereocenters. The number of aromatic hydroxyl groups is 1. The van der Waals surface area contributed by atoms with Crippen molar-refractivity contribution in [3.05, 3.63) is 36.8 Å². The van der Waals surface area contributed by atoms with E-state index in [0.29, 0.717) is 5.56 Å². The average Bonchev–Trinajstić information content (AvgIpc) is 1.97. The van der Waals surface area contributed by atoms with Crippen molar-refractivity contribution in [3.8, 4) is 5.75 Å². The summed E-state index contributed by atoms with van der Waals surface area (Å²) in [6.45, 7) is 4.89. The van der Waals surface area contributed by atoms with Gasteiger partial charge in [-0.05, 0) is 0 Å². The first-order chi connectivity index (χ1) is 5.22. The molecule has 0 heterocycles. The van der Waals surface area contributed by atoms with Crippen molar-refractivity contribution in [2.75, 3.05) is 0 Å². The van der Waals surface area contributed by atoms with Crippen LogP contribution in [0.25, 0.3) is 0 Å². The van der Waals surface area contributed by atoms with Gasteiger partial charge in [0.2, 0.25) is 0 Å². The summed E-state index contributed by atoms with van der Waals surface area (Å²) in [4.78, 5) is 8.68. The molecule has 3 heteroatoms. The van der Waals surface area contributed by atoms with E-state index in [9.17, 15) is 0 Å². The number of rotatable bonds is 0. The predicted octanol–water partition coefficient (Wildman–Crippen LogP) is 1.69. The average molecular weight is 206 g/mol. The third kappa shape index (κ3) is 5.83. The number of para-hydroxylation sites is 1. The van der Waals surface area contributed by atoms with Crippen LogP contribution >= 0.6 is 0 Å². The van der Waals surface area contributed by atoms with Crippen LogP contribution in [0.1, 0.15) is 12.5 Å². The second kappa shape index (κ2) is 8.18. The fraction of sp³-hybridized carbons (Fsp3) is 0.111. The Morgan fingerprint density at radius 3 is 2.08 bits per heavy atom. The van der Waals surface area contributed by atoms with Crippen LogP contribution in [0.3, 0.4) is 0 Å². The molecule has 0 spiro atoms. The molecule has 1 N–H and O–H groups in total. The van der Waals surface area contributed by atoms with Crippen molar-refractivity contribution < 1.29 is 27.0 Å². The fourth-order valence-electron chi connectivity index (χ4n) is 0.511. The zero-order valence-corrected chi connectivity index (χ0v) is 7.83. The summed E-state index contributed by atoms with van der Waals surface area (Å²) in [6.07, 6.45) is 1.50. The van der Waals surface area contributed by atoms with Gasteiger partial charge in [-0.1, -0.05) is 12.1 Å². The van der Waals surface area contributed by atoms with Crippen LogP contribution in [0, 0.1) is 6.92 Å². The molecule has 0 aromatic heterocycles. The molecule has 12 heavy (non-hydrogen) atoms. The van der Waals surface area contributed by atoms with Crippen LogP contribution in [0.2, 0.25) is 0 Å². The van der Waals surface area contributed by atoms with Crippen molar-refractivity contribution in [1.82, 2.24) is 0 Å². The van der Waals surface area contributed by atoms with E-state index in [1.165, 1.54) is 13.2 Å². The van der Waals surface area contributed by atoms with Crippen LogP contribution < -0.4 is 0 Å². The molecule has 1 aromatic rings. The summed E-state index contributed by atoms with van der Waals surface area (Å²) in [5.41, 5.74) is 0.674. The minimum Gasteiger partial charge on any atom is -0.565 e. The standard InChI is InChI=1S/C7H7O.C2H3O.Fe/c1-6-4-2-3-5-7(6)8;1-2-3;/h2-5,8H,1H2;1H3;/q2*-1;+2. The Bertz CT molecular complexity index is 203. The number of hydrogen-bond donors (Lipinski definition) is 1. The quantitative estimate of drug-likeness (QED) is 0.518. The Labute approximate surface area is 83.1 Å². The largest absolute Gasteiger partial charge is 2.00 e. The van der Waals surface area contributed by atoms with Gasteiger partial charge in [0.25, 0.3) is 0 Å². The normalized spacial score (nSPS) is 7.08. The number of carbonyl (C=O) groups excluding carboxylic acids is 1. The molecule has 2 nitrogen and oxygen atoms in total. The second-order valence-electron chi connectivity index (χ2n) is 1.83. The predicted molar refractivity (Wildman–Crippen MR) is 43.9 cm³/mol. The Hall–Kier alpha value is -0.921. The number of phenols is 1. The van der Waals surface area contributed by atoms with Gasteiger partial charge in [0.05, 0.1) is 0 Å². The van der Waals surface area contributed by atoms with E-state index < -0.39 is 0 Å². The van der Waals surface area contributed by atoms with Gasteiger partial charge in [-0.2, -0.15) is 25.5 Å². The topological polar surface area (TPSA) is 37.3 Å². The van der Waals surface area contributed by atoms with E-state index in [1.54, 1.807) is 18.2 Å². The summed E-state index contributed by atoms with van der Waals surface area (Å²) < 4.78 is 0. The molecule has 0 fully saturated rings. The van der Waals surface area contributed by atoms with E-state index in [-0.39, 0.29) is 22.8 Å². The van der Waals surface area contributed by atoms with Gasteiger partial charge >= 0.3 is 17.1 Å². The van der Waals surface area contributed by atoms with Crippen molar-refractivity contribution >= 4 is 6.29 Å².